The largest absolute Gasteiger partial charge is 0.449 e. The van der Waals surface area contributed by atoms with Crippen LogP contribution in [0, 0.1) is 17.3 Å². The number of nitrogens with two attached hydrogens (primary N) is 1. The van der Waals surface area contributed by atoms with Crippen molar-refractivity contribution in [3.63, 3.8) is 0 Å². The molecule has 4 amide bonds. The Bertz CT molecular complexity index is 1000. The van der Waals surface area contributed by atoms with E-state index in [1.54, 1.807) is 23.4 Å². The van der Waals surface area contributed by atoms with Gasteiger partial charge in [-0.15, -0.1) is 0 Å². The lowest BCUT2D eigenvalue weighted by Crippen LogP contribution is -2.48. The number of urea groups is 1. The Balaban J connectivity index is 1.08. The van der Waals surface area contributed by atoms with Crippen LogP contribution in [0.25, 0.3) is 11.0 Å². The quantitative estimate of drug-likeness (QED) is 0.754. The zero-order chi connectivity index (χ0) is 22.3. The van der Waals surface area contributed by atoms with Gasteiger partial charge < -0.3 is 25.3 Å². The summed E-state index contributed by atoms with van der Waals surface area (Å²) < 4.78 is 5.59. The number of likely N-dealkylation sites (tertiary alicyclic amines) is 2. The number of aromatic nitrogens is 1. The summed E-state index contributed by atoms with van der Waals surface area (Å²) in [4.78, 5) is 44.3. The Labute approximate surface area is 186 Å². The van der Waals surface area contributed by atoms with E-state index in [1.807, 2.05) is 11.0 Å². The van der Waals surface area contributed by atoms with E-state index < -0.39 is 6.03 Å². The van der Waals surface area contributed by atoms with Gasteiger partial charge >= 0.3 is 6.03 Å². The van der Waals surface area contributed by atoms with Gasteiger partial charge in [0.05, 0.1) is 6.20 Å². The molecule has 1 unspecified atom stereocenters. The van der Waals surface area contributed by atoms with Crippen LogP contribution in [0.5, 0.6) is 0 Å². The molecule has 1 aliphatic carbocycles. The second-order valence-corrected chi connectivity index (χ2v) is 9.42. The summed E-state index contributed by atoms with van der Waals surface area (Å²) in [5, 5.41) is 3.88. The van der Waals surface area contributed by atoms with E-state index in [0.717, 1.165) is 37.7 Å². The van der Waals surface area contributed by atoms with Gasteiger partial charge in [-0.05, 0) is 55.6 Å². The Morgan fingerprint density at radius 2 is 1.91 bits per heavy atom. The fraction of sp³-hybridized carbons (Fsp3) is 0.565. The second kappa shape index (κ2) is 8.11. The molecule has 3 N–H and O–H groups in total. The van der Waals surface area contributed by atoms with E-state index in [1.165, 1.54) is 0 Å². The van der Waals surface area contributed by atoms with Gasteiger partial charge in [-0.3, -0.25) is 14.6 Å². The van der Waals surface area contributed by atoms with Gasteiger partial charge in [0.1, 0.15) is 0 Å². The number of carbonyl (C=O) groups excluding carboxylic acids is 3. The van der Waals surface area contributed by atoms with Crippen molar-refractivity contribution in [2.24, 2.45) is 23.0 Å². The monoisotopic (exact) mass is 439 g/mol. The number of piperidine rings is 2. The van der Waals surface area contributed by atoms with E-state index in [-0.39, 0.29) is 23.1 Å². The van der Waals surface area contributed by atoms with Crippen LogP contribution in [0.3, 0.4) is 0 Å². The number of nitrogens with one attached hydrogen (secondary N) is 1. The number of carbonyl (C=O) groups is 3. The van der Waals surface area contributed by atoms with E-state index in [2.05, 4.69) is 10.3 Å². The summed E-state index contributed by atoms with van der Waals surface area (Å²) >= 11 is 0. The molecule has 0 radical (unpaired) electrons. The van der Waals surface area contributed by atoms with Gasteiger partial charge in [0.2, 0.25) is 5.91 Å². The molecule has 32 heavy (non-hydrogen) atoms. The van der Waals surface area contributed by atoms with E-state index >= 15 is 0 Å². The molecule has 2 aromatic rings. The summed E-state index contributed by atoms with van der Waals surface area (Å²) in [6.07, 6.45) is 7.72. The van der Waals surface area contributed by atoms with Crippen molar-refractivity contribution < 1.29 is 18.8 Å². The fourth-order valence-corrected chi connectivity index (χ4v) is 5.41. The van der Waals surface area contributed by atoms with Crippen molar-refractivity contribution in [1.29, 1.82) is 0 Å². The van der Waals surface area contributed by atoms with Crippen molar-refractivity contribution in [1.82, 2.24) is 20.1 Å². The van der Waals surface area contributed by atoms with Crippen molar-refractivity contribution in [2.75, 3.05) is 32.7 Å². The Morgan fingerprint density at radius 3 is 2.59 bits per heavy atom. The Morgan fingerprint density at radius 1 is 1.16 bits per heavy atom. The highest BCUT2D eigenvalue weighted by Crippen LogP contribution is 2.59. The molecule has 9 heteroatoms. The van der Waals surface area contributed by atoms with Gasteiger partial charge in [0, 0.05) is 50.2 Å². The number of hydrogen-bond acceptors (Lipinski definition) is 5. The predicted octanol–water partition coefficient (Wildman–Crippen LogP) is 1.98. The third-order valence-corrected chi connectivity index (χ3v) is 7.64. The van der Waals surface area contributed by atoms with Crippen LogP contribution in [0.4, 0.5) is 4.79 Å². The first-order chi connectivity index (χ1) is 15.4. The molecule has 3 aliphatic rings. The number of pyridine rings is 1. The highest BCUT2D eigenvalue weighted by atomic mass is 16.3. The molecule has 2 aromatic heterocycles. The smallest absolute Gasteiger partial charge is 0.314 e. The van der Waals surface area contributed by atoms with Gasteiger partial charge in [-0.1, -0.05) is 0 Å². The molecule has 170 valence electrons. The zero-order valence-corrected chi connectivity index (χ0v) is 18.1. The van der Waals surface area contributed by atoms with Gasteiger partial charge in [0.15, 0.2) is 11.3 Å². The molecule has 1 spiro atoms. The molecule has 1 atom stereocenters. The third-order valence-electron chi connectivity index (χ3n) is 7.64. The standard InChI is InChI=1S/C23H29N5O4/c24-22(31)28-7-2-15(3-8-28)21(30)27-9-4-23(5-10-27)12-17(23)13-26-20(29)18-11-16-1-6-25-14-19(16)32-18/h1,6,11,14-15,17H,2-5,7-10,12-13H2,(H2,24,31)(H,26,29). The van der Waals surface area contributed by atoms with Crippen LogP contribution >= 0.6 is 0 Å². The minimum Gasteiger partial charge on any atom is -0.449 e. The number of rotatable bonds is 4. The van der Waals surface area contributed by atoms with Crippen molar-refractivity contribution in [2.45, 2.75) is 32.1 Å². The summed E-state index contributed by atoms with van der Waals surface area (Å²) in [6.45, 7) is 3.31. The number of primary amides is 1. The van der Waals surface area contributed by atoms with Crippen LogP contribution < -0.4 is 11.1 Å². The van der Waals surface area contributed by atoms with Gasteiger partial charge in [-0.25, -0.2) is 4.79 Å². The maximum absolute atomic E-state index is 12.9. The minimum atomic E-state index is -0.403. The molecule has 1 saturated carbocycles. The lowest BCUT2D eigenvalue weighted by Gasteiger charge is -2.37. The van der Waals surface area contributed by atoms with Crippen LogP contribution in [0.2, 0.25) is 0 Å². The molecule has 9 nitrogen and oxygen atoms in total. The summed E-state index contributed by atoms with van der Waals surface area (Å²) in [5.74, 6) is 0.777. The molecule has 2 aliphatic heterocycles. The number of fused-ring (bicyclic) bond motifs is 1. The summed E-state index contributed by atoms with van der Waals surface area (Å²) in [5.41, 5.74) is 6.19. The van der Waals surface area contributed by atoms with Crippen LogP contribution in [0.1, 0.15) is 42.7 Å². The molecule has 4 heterocycles. The summed E-state index contributed by atoms with van der Waals surface area (Å²) in [6, 6.07) is 3.16. The third kappa shape index (κ3) is 3.91. The van der Waals surface area contributed by atoms with Crippen molar-refractivity contribution in [3.8, 4) is 0 Å². The first kappa shape index (κ1) is 20.8. The SMILES string of the molecule is NC(=O)N1CCC(C(=O)N2CCC3(CC2)CC3CNC(=O)c2cc3ccncc3o2)CC1. The topological polar surface area (TPSA) is 122 Å². The van der Waals surface area contributed by atoms with Gasteiger partial charge in [-0.2, -0.15) is 0 Å². The number of furan rings is 1. The number of amides is 4. The zero-order valence-electron chi connectivity index (χ0n) is 18.1. The van der Waals surface area contributed by atoms with E-state index in [0.29, 0.717) is 49.7 Å². The molecular weight excluding hydrogens is 410 g/mol. The first-order valence-electron chi connectivity index (χ1n) is 11.4. The van der Waals surface area contributed by atoms with Crippen LogP contribution in [-0.2, 0) is 4.79 Å². The first-order valence-corrected chi connectivity index (χ1v) is 11.4. The highest BCUT2D eigenvalue weighted by Gasteiger charge is 2.55. The van der Waals surface area contributed by atoms with Gasteiger partial charge in [0.25, 0.3) is 5.91 Å². The van der Waals surface area contributed by atoms with E-state index in [9.17, 15) is 14.4 Å². The maximum Gasteiger partial charge on any atom is 0.314 e. The maximum atomic E-state index is 12.9. The molecule has 2 saturated heterocycles. The fourth-order valence-electron chi connectivity index (χ4n) is 5.41. The predicted molar refractivity (Wildman–Crippen MR) is 117 cm³/mol. The average Bonchev–Trinajstić information content (AvgIpc) is 3.28. The van der Waals surface area contributed by atoms with Crippen molar-refractivity contribution in [3.05, 3.63) is 30.3 Å². The Hall–Kier alpha value is -3.10. The number of hydrogen-bond donors (Lipinski definition) is 2. The lowest BCUT2D eigenvalue weighted by molar-refractivity contribution is -0.138. The number of nitrogens with zero attached hydrogens (tertiary/aromatic N) is 3. The molecule has 0 bridgehead atoms. The molecular formula is C23H29N5O4. The van der Waals surface area contributed by atoms with E-state index in [4.69, 9.17) is 10.2 Å². The molecule has 3 fully saturated rings. The highest BCUT2D eigenvalue weighted by molar-refractivity contribution is 5.95. The van der Waals surface area contributed by atoms with Crippen LogP contribution in [-0.4, -0.2) is 65.4 Å². The molecule has 5 rings (SSSR count). The van der Waals surface area contributed by atoms with Crippen LogP contribution in [0.15, 0.2) is 28.9 Å². The molecule has 0 aromatic carbocycles. The second-order valence-electron chi connectivity index (χ2n) is 9.42. The summed E-state index contributed by atoms with van der Waals surface area (Å²) in [7, 11) is 0. The Kier molecular flexibility index (Phi) is 5.27. The normalized spacial score (nSPS) is 22.8. The lowest BCUT2D eigenvalue weighted by atomic mass is 9.88. The minimum absolute atomic E-state index is 0.00653. The van der Waals surface area contributed by atoms with Crippen molar-refractivity contribution >= 4 is 28.8 Å². The average molecular weight is 440 g/mol.